The van der Waals surface area contributed by atoms with Crippen LogP contribution in [0.25, 0.3) is 0 Å². The van der Waals surface area contributed by atoms with Gasteiger partial charge in [0.15, 0.2) is 0 Å². The van der Waals surface area contributed by atoms with E-state index in [1.165, 1.54) is 0 Å². The molecule has 1 aromatic heterocycles. The number of morpholine rings is 1. The van der Waals surface area contributed by atoms with Crippen LogP contribution in [0, 0.1) is 0 Å². The molecule has 0 bridgehead atoms. The number of hydrogen-bond acceptors (Lipinski definition) is 6. The Morgan fingerprint density at radius 1 is 1.36 bits per heavy atom. The van der Waals surface area contributed by atoms with Gasteiger partial charge in [-0.15, -0.1) is 0 Å². The monoisotopic (exact) mass is 342 g/mol. The fourth-order valence-electron chi connectivity index (χ4n) is 2.65. The number of carbonyl (C=O) groups excluding carboxylic acids is 1. The van der Waals surface area contributed by atoms with Crippen molar-refractivity contribution in [3.05, 3.63) is 48.4 Å². The third-order valence-electron chi connectivity index (χ3n) is 3.77. The van der Waals surface area contributed by atoms with E-state index in [9.17, 15) is 9.59 Å². The highest BCUT2D eigenvalue weighted by Crippen LogP contribution is 2.18. The van der Waals surface area contributed by atoms with Crippen LogP contribution in [0.3, 0.4) is 0 Å². The molecular weight excluding hydrogens is 324 g/mol. The Labute approximate surface area is 144 Å². The van der Waals surface area contributed by atoms with E-state index in [0.29, 0.717) is 24.5 Å². The first-order chi connectivity index (χ1) is 12.1. The number of nitrogens with one attached hydrogen (secondary N) is 1. The van der Waals surface area contributed by atoms with E-state index in [0.717, 1.165) is 5.69 Å². The molecule has 1 unspecified atom stereocenters. The maximum Gasteiger partial charge on any atom is 0.306 e. The van der Waals surface area contributed by atoms with Gasteiger partial charge in [0.05, 0.1) is 25.3 Å². The number of aromatic nitrogens is 2. The second kappa shape index (κ2) is 7.71. The molecule has 1 saturated heterocycles. The Kier molecular flexibility index (Phi) is 5.20. The largest absolute Gasteiger partial charge is 0.481 e. The van der Waals surface area contributed by atoms with Crippen LogP contribution in [0.15, 0.2) is 42.9 Å². The lowest BCUT2D eigenvalue weighted by Gasteiger charge is -2.32. The van der Waals surface area contributed by atoms with Crippen LogP contribution in [0.4, 0.5) is 11.5 Å². The summed E-state index contributed by atoms with van der Waals surface area (Å²) in [5.74, 6) is -0.504. The van der Waals surface area contributed by atoms with E-state index < -0.39 is 12.1 Å². The average Bonchev–Trinajstić information content (AvgIpc) is 2.62. The standard InChI is InChI=1S/C17H18N4O4/c22-16(23)9-14-11-21(6-7-25-14)17(24)12-2-1-3-13(8-12)20-15-10-18-4-5-19-15/h1-5,8,10,14H,6-7,9,11H2,(H,19,20)(H,22,23). The second-order valence-electron chi connectivity index (χ2n) is 5.64. The van der Waals surface area contributed by atoms with E-state index in [4.69, 9.17) is 9.84 Å². The lowest BCUT2D eigenvalue weighted by molar-refractivity contribution is -0.141. The molecule has 1 fully saturated rings. The fraction of sp³-hybridized carbons (Fsp3) is 0.294. The third kappa shape index (κ3) is 4.51. The highest BCUT2D eigenvalue weighted by Gasteiger charge is 2.26. The quantitative estimate of drug-likeness (QED) is 0.849. The Hall–Kier alpha value is -3.00. The molecule has 0 radical (unpaired) electrons. The predicted octanol–water partition coefficient (Wildman–Crippen LogP) is 1.54. The Morgan fingerprint density at radius 2 is 2.24 bits per heavy atom. The van der Waals surface area contributed by atoms with Crippen molar-refractivity contribution in [1.29, 1.82) is 0 Å². The Balaban J connectivity index is 1.69. The first-order valence-electron chi connectivity index (χ1n) is 7.87. The molecule has 1 aliphatic rings. The minimum atomic E-state index is -0.936. The van der Waals surface area contributed by atoms with Crippen molar-refractivity contribution in [2.75, 3.05) is 25.0 Å². The van der Waals surface area contributed by atoms with Crippen LogP contribution < -0.4 is 5.32 Å². The van der Waals surface area contributed by atoms with Crippen molar-refractivity contribution in [2.45, 2.75) is 12.5 Å². The number of hydrogen-bond donors (Lipinski definition) is 2. The summed E-state index contributed by atoms with van der Waals surface area (Å²) in [5.41, 5.74) is 1.24. The number of anilines is 2. The minimum absolute atomic E-state index is 0.113. The molecule has 130 valence electrons. The van der Waals surface area contributed by atoms with Gasteiger partial charge < -0.3 is 20.1 Å². The highest BCUT2D eigenvalue weighted by molar-refractivity contribution is 5.95. The molecule has 8 nitrogen and oxygen atoms in total. The second-order valence-corrected chi connectivity index (χ2v) is 5.64. The van der Waals surface area contributed by atoms with Crippen LogP contribution in [-0.2, 0) is 9.53 Å². The van der Waals surface area contributed by atoms with Crippen LogP contribution in [-0.4, -0.2) is 57.7 Å². The normalized spacial score (nSPS) is 17.1. The maximum absolute atomic E-state index is 12.7. The molecule has 2 aromatic rings. The molecule has 0 saturated carbocycles. The van der Waals surface area contributed by atoms with Gasteiger partial charge in [0, 0.05) is 36.7 Å². The molecule has 1 aromatic carbocycles. The Bertz CT molecular complexity index is 753. The number of carbonyl (C=O) groups is 2. The van der Waals surface area contributed by atoms with E-state index in [-0.39, 0.29) is 18.9 Å². The van der Waals surface area contributed by atoms with Gasteiger partial charge in [-0.1, -0.05) is 6.07 Å². The average molecular weight is 342 g/mol. The van der Waals surface area contributed by atoms with Crippen molar-refractivity contribution >= 4 is 23.4 Å². The van der Waals surface area contributed by atoms with Gasteiger partial charge in [0.25, 0.3) is 5.91 Å². The van der Waals surface area contributed by atoms with E-state index in [1.54, 1.807) is 41.7 Å². The first-order valence-corrected chi connectivity index (χ1v) is 7.87. The summed E-state index contributed by atoms with van der Waals surface area (Å²) in [6.07, 6.45) is 4.16. The van der Waals surface area contributed by atoms with Gasteiger partial charge >= 0.3 is 5.97 Å². The topological polar surface area (TPSA) is 105 Å². The lowest BCUT2D eigenvalue weighted by atomic mass is 10.1. The highest BCUT2D eigenvalue weighted by atomic mass is 16.5. The lowest BCUT2D eigenvalue weighted by Crippen LogP contribution is -2.46. The number of carboxylic acid groups (broad SMARTS) is 1. The minimum Gasteiger partial charge on any atom is -0.481 e. The maximum atomic E-state index is 12.7. The van der Waals surface area contributed by atoms with Gasteiger partial charge in [-0.25, -0.2) is 4.98 Å². The number of rotatable bonds is 5. The number of aliphatic carboxylic acids is 1. The summed E-state index contributed by atoms with van der Waals surface area (Å²) in [5, 5.41) is 12.0. The zero-order valence-electron chi connectivity index (χ0n) is 13.5. The van der Waals surface area contributed by atoms with Crippen LogP contribution in [0.5, 0.6) is 0 Å². The van der Waals surface area contributed by atoms with Gasteiger partial charge in [0.2, 0.25) is 0 Å². The Morgan fingerprint density at radius 3 is 3.00 bits per heavy atom. The number of amides is 1. The molecule has 8 heteroatoms. The number of ether oxygens (including phenoxy) is 1. The first kappa shape index (κ1) is 16.8. The van der Waals surface area contributed by atoms with Gasteiger partial charge in [0.1, 0.15) is 5.82 Å². The summed E-state index contributed by atoms with van der Waals surface area (Å²) in [6.45, 7) is 1.05. The summed E-state index contributed by atoms with van der Waals surface area (Å²) in [6, 6.07) is 7.07. The SMILES string of the molecule is O=C(O)CC1CN(C(=O)c2cccc(Nc3cnccn3)c2)CCO1. The predicted molar refractivity (Wildman–Crippen MR) is 89.7 cm³/mol. The number of benzene rings is 1. The zero-order valence-corrected chi connectivity index (χ0v) is 13.5. The van der Waals surface area contributed by atoms with Crippen molar-refractivity contribution in [2.24, 2.45) is 0 Å². The molecule has 1 aliphatic heterocycles. The summed E-state index contributed by atoms with van der Waals surface area (Å²) >= 11 is 0. The number of carboxylic acids is 1. The van der Waals surface area contributed by atoms with Crippen LogP contribution in [0.1, 0.15) is 16.8 Å². The van der Waals surface area contributed by atoms with Crippen LogP contribution in [0.2, 0.25) is 0 Å². The molecule has 0 aliphatic carbocycles. The number of nitrogens with zero attached hydrogens (tertiary/aromatic N) is 3. The van der Waals surface area contributed by atoms with Crippen molar-refractivity contribution < 1.29 is 19.4 Å². The van der Waals surface area contributed by atoms with Crippen molar-refractivity contribution in [3.63, 3.8) is 0 Å². The van der Waals surface area contributed by atoms with Crippen LogP contribution >= 0.6 is 0 Å². The van der Waals surface area contributed by atoms with Gasteiger partial charge in [-0.05, 0) is 18.2 Å². The smallest absolute Gasteiger partial charge is 0.306 e. The molecular formula is C17H18N4O4. The molecule has 2 N–H and O–H groups in total. The molecule has 1 atom stereocenters. The van der Waals surface area contributed by atoms with Crippen molar-refractivity contribution in [1.82, 2.24) is 14.9 Å². The zero-order chi connectivity index (χ0) is 17.6. The van der Waals surface area contributed by atoms with E-state index >= 15 is 0 Å². The summed E-state index contributed by atoms with van der Waals surface area (Å²) < 4.78 is 5.41. The molecule has 3 rings (SSSR count). The molecule has 25 heavy (non-hydrogen) atoms. The van der Waals surface area contributed by atoms with Gasteiger partial charge in [-0.3, -0.25) is 14.6 Å². The van der Waals surface area contributed by atoms with E-state index in [2.05, 4.69) is 15.3 Å². The van der Waals surface area contributed by atoms with E-state index in [1.807, 2.05) is 6.07 Å². The summed E-state index contributed by atoms with van der Waals surface area (Å²) in [4.78, 5) is 33.3. The summed E-state index contributed by atoms with van der Waals surface area (Å²) in [7, 11) is 0. The fourth-order valence-corrected chi connectivity index (χ4v) is 2.65. The molecule has 2 heterocycles. The molecule has 1 amide bonds. The third-order valence-corrected chi connectivity index (χ3v) is 3.77. The van der Waals surface area contributed by atoms with Gasteiger partial charge in [-0.2, -0.15) is 0 Å². The molecule has 0 spiro atoms. The van der Waals surface area contributed by atoms with Crippen molar-refractivity contribution in [3.8, 4) is 0 Å².